The highest BCUT2D eigenvalue weighted by Crippen LogP contribution is 2.40. The van der Waals surface area contributed by atoms with E-state index in [1.165, 1.54) is 29.2 Å². The van der Waals surface area contributed by atoms with Gasteiger partial charge in [0.05, 0.1) is 23.1 Å². The number of likely N-dealkylation sites (tertiary alicyclic amines) is 1. The predicted molar refractivity (Wildman–Crippen MR) is 132 cm³/mol. The zero-order valence-corrected chi connectivity index (χ0v) is 20.3. The second kappa shape index (κ2) is 11.6. The zero-order valence-electron chi connectivity index (χ0n) is 20.3. The van der Waals surface area contributed by atoms with Crippen LogP contribution < -0.4 is 4.74 Å². The van der Waals surface area contributed by atoms with Gasteiger partial charge >= 0.3 is 0 Å². The average Bonchev–Trinajstić information content (AvgIpc) is 3.09. The molecule has 3 rings (SSSR count). The molecule has 2 aromatic rings. The fraction of sp³-hybridized carbons (Fsp3) is 0.385. The molecule has 0 spiro atoms. The second-order valence-electron chi connectivity index (χ2n) is 8.72. The second-order valence-corrected chi connectivity index (χ2v) is 8.72. The fourth-order valence-corrected chi connectivity index (χ4v) is 3.99. The van der Waals surface area contributed by atoms with E-state index in [2.05, 4.69) is 6.92 Å². The van der Waals surface area contributed by atoms with E-state index < -0.39 is 22.7 Å². The summed E-state index contributed by atoms with van der Waals surface area (Å²) >= 11 is 0. The van der Waals surface area contributed by atoms with Crippen LogP contribution in [0.25, 0.3) is 5.76 Å². The number of Topliss-reactive ketones (excluding diaryl/α,β-unsaturated/α-hetero) is 1. The average molecular weight is 482 g/mol. The van der Waals surface area contributed by atoms with Gasteiger partial charge in [-0.15, -0.1) is 0 Å². The Hall–Kier alpha value is -3.72. The van der Waals surface area contributed by atoms with E-state index in [-0.39, 0.29) is 17.0 Å². The minimum absolute atomic E-state index is 0.0339. The number of nitro benzene ring substituents is 1. The van der Waals surface area contributed by atoms with Crippen molar-refractivity contribution >= 4 is 23.1 Å². The number of non-ortho nitro benzene ring substituents is 1. The summed E-state index contributed by atoms with van der Waals surface area (Å²) in [7, 11) is 3.83. The van der Waals surface area contributed by atoms with Crippen LogP contribution in [0.3, 0.4) is 0 Å². The summed E-state index contributed by atoms with van der Waals surface area (Å²) in [4.78, 5) is 40.0. The normalized spacial score (nSPS) is 17.3. The van der Waals surface area contributed by atoms with E-state index >= 15 is 0 Å². The first-order valence-electron chi connectivity index (χ1n) is 11.6. The van der Waals surface area contributed by atoms with Crippen LogP contribution in [-0.2, 0) is 9.59 Å². The molecular weight excluding hydrogens is 450 g/mol. The van der Waals surface area contributed by atoms with E-state index in [9.17, 15) is 24.8 Å². The Morgan fingerprint density at radius 1 is 1.09 bits per heavy atom. The highest BCUT2D eigenvalue weighted by Gasteiger charge is 2.45. The molecule has 9 heteroatoms. The summed E-state index contributed by atoms with van der Waals surface area (Å²) in [5.41, 5.74) is 0.761. The van der Waals surface area contributed by atoms with Gasteiger partial charge in [0, 0.05) is 24.2 Å². The van der Waals surface area contributed by atoms with Crippen molar-refractivity contribution in [1.82, 2.24) is 9.80 Å². The third-order valence-corrected chi connectivity index (χ3v) is 5.86. The fourth-order valence-electron chi connectivity index (χ4n) is 3.99. The van der Waals surface area contributed by atoms with Crippen molar-refractivity contribution < 1.29 is 24.4 Å². The van der Waals surface area contributed by atoms with Gasteiger partial charge in [0.15, 0.2) is 0 Å². The van der Waals surface area contributed by atoms with Crippen molar-refractivity contribution in [2.75, 3.05) is 33.8 Å². The van der Waals surface area contributed by atoms with Crippen molar-refractivity contribution in [3.63, 3.8) is 0 Å². The number of carbonyl (C=O) groups excluding carboxylic acids is 2. The van der Waals surface area contributed by atoms with Crippen LogP contribution in [0.4, 0.5) is 5.69 Å². The van der Waals surface area contributed by atoms with Crippen LogP contribution in [0.15, 0.2) is 54.1 Å². The molecule has 35 heavy (non-hydrogen) atoms. The molecule has 1 amide bonds. The van der Waals surface area contributed by atoms with E-state index in [0.29, 0.717) is 43.0 Å². The van der Waals surface area contributed by atoms with Gasteiger partial charge in [-0.3, -0.25) is 19.7 Å². The Kier molecular flexibility index (Phi) is 8.59. The zero-order chi connectivity index (χ0) is 25.5. The van der Waals surface area contributed by atoms with Crippen molar-refractivity contribution in [1.29, 1.82) is 0 Å². The summed E-state index contributed by atoms with van der Waals surface area (Å²) in [6.07, 6.45) is 2.55. The summed E-state index contributed by atoms with van der Waals surface area (Å²) in [5, 5.41) is 22.2. The van der Waals surface area contributed by atoms with Crippen molar-refractivity contribution in [2.24, 2.45) is 0 Å². The Morgan fingerprint density at radius 2 is 1.74 bits per heavy atom. The lowest BCUT2D eigenvalue weighted by Crippen LogP contribution is -2.32. The smallest absolute Gasteiger partial charge is 0.295 e. The minimum atomic E-state index is -0.849. The number of rotatable bonds is 11. The molecule has 0 radical (unpaired) electrons. The number of unbranched alkanes of at least 4 members (excludes halogenated alkanes) is 1. The molecule has 0 saturated carbocycles. The monoisotopic (exact) mass is 481 g/mol. The van der Waals surface area contributed by atoms with Crippen LogP contribution in [-0.4, -0.2) is 65.3 Å². The first kappa shape index (κ1) is 25.9. The Balaban J connectivity index is 2.00. The van der Waals surface area contributed by atoms with Crippen LogP contribution in [0.2, 0.25) is 0 Å². The molecule has 186 valence electrons. The van der Waals surface area contributed by atoms with Gasteiger partial charge in [-0.05, 0) is 75.4 Å². The molecule has 0 aromatic heterocycles. The SMILES string of the molecule is CCCCOc1ccc(/C(O)=C2\C(=O)C(=O)N(CCCN(C)C)C2c2ccc([N+](=O)[O-])cc2)cc1. The lowest BCUT2D eigenvalue weighted by atomic mass is 9.95. The maximum absolute atomic E-state index is 13.1. The van der Waals surface area contributed by atoms with Crippen LogP contribution in [0, 0.1) is 10.1 Å². The molecule has 1 aliphatic heterocycles. The molecule has 9 nitrogen and oxygen atoms in total. The number of aliphatic hydroxyl groups excluding tert-OH is 1. The lowest BCUT2D eigenvalue weighted by Gasteiger charge is -2.26. The number of carbonyl (C=O) groups is 2. The third-order valence-electron chi connectivity index (χ3n) is 5.86. The number of aliphatic hydroxyl groups is 1. The van der Waals surface area contributed by atoms with Gasteiger partial charge < -0.3 is 19.6 Å². The van der Waals surface area contributed by atoms with Gasteiger partial charge in [0.2, 0.25) is 0 Å². The molecule has 1 saturated heterocycles. The number of hydrogen-bond acceptors (Lipinski definition) is 7. The Labute approximate surface area is 204 Å². The summed E-state index contributed by atoms with van der Waals surface area (Å²) < 4.78 is 5.66. The van der Waals surface area contributed by atoms with Crippen LogP contribution in [0.5, 0.6) is 5.75 Å². The standard InChI is InChI=1S/C26H31N3O6/c1-4-5-17-35-21-13-9-19(10-14-21)24(30)22-23(18-7-11-20(12-8-18)29(33)34)28(26(32)25(22)31)16-6-15-27(2)3/h7-14,23,30H,4-6,15-17H2,1-3H3/b24-22+. The molecule has 1 fully saturated rings. The Morgan fingerprint density at radius 3 is 2.31 bits per heavy atom. The quantitative estimate of drug-likeness (QED) is 0.128. The van der Waals surface area contributed by atoms with E-state index in [0.717, 1.165) is 12.8 Å². The number of amides is 1. The van der Waals surface area contributed by atoms with Crippen LogP contribution in [0.1, 0.15) is 43.4 Å². The lowest BCUT2D eigenvalue weighted by molar-refractivity contribution is -0.384. The molecule has 0 bridgehead atoms. The third kappa shape index (κ3) is 6.05. The molecule has 1 heterocycles. The maximum atomic E-state index is 13.1. The molecular formula is C26H31N3O6. The number of ether oxygens (including phenoxy) is 1. The summed E-state index contributed by atoms with van der Waals surface area (Å²) in [6, 6.07) is 11.6. The van der Waals surface area contributed by atoms with Crippen LogP contribution >= 0.6 is 0 Å². The number of nitro groups is 1. The van der Waals surface area contributed by atoms with Gasteiger partial charge in [0.25, 0.3) is 17.4 Å². The van der Waals surface area contributed by atoms with Gasteiger partial charge in [-0.1, -0.05) is 13.3 Å². The van der Waals surface area contributed by atoms with E-state index in [4.69, 9.17) is 4.74 Å². The predicted octanol–water partition coefficient (Wildman–Crippen LogP) is 4.15. The van der Waals surface area contributed by atoms with Crippen molar-refractivity contribution in [2.45, 2.75) is 32.2 Å². The molecule has 0 aliphatic carbocycles. The van der Waals surface area contributed by atoms with Gasteiger partial charge in [0.1, 0.15) is 11.5 Å². The topological polar surface area (TPSA) is 113 Å². The molecule has 1 unspecified atom stereocenters. The van der Waals surface area contributed by atoms with Gasteiger partial charge in [-0.25, -0.2) is 0 Å². The highest BCUT2D eigenvalue weighted by molar-refractivity contribution is 6.46. The maximum Gasteiger partial charge on any atom is 0.295 e. The first-order valence-corrected chi connectivity index (χ1v) is 11.6. The number of hydrogen-bond donors (Lipinski definition) is 1. The number of benzene rings is 2. The molecule has 1 aliphatic rings. The largest absolute Gasteiger partial charge is 0.507 e. The van der Waals surface area contributed by atoms with Crippen molar-refractivity contribution in [3.05, 3.63) is 75.3 Å². The first-order chi connectivity index (χ1) is 16.7. The number of ketones is 1. The molecule has 1 N–H and O–H groups in total. The van der Waals surface area contributed by atoms with Crippen molar-refractivity contribution in [3.8, 4) is 5.75 Å². The molecule has 2 aromatic carbocycles. The van der Waals surface area contributed by atoms with E-state index in [1.54, 1.807) is 24.3 Å². The van der Waals surface area contributed by atoms with E-state index in [1.807, 2.05) is 19.0 Å². The Bertz CT molecular complexity index is 1090. The molecule has 1 atom stereocenters. The number of nitrogens with zero attached hydrogens (tertiary/aromatic N) is 3. The summed E-state index contributed by atoms with van der Waals surface area (Å²) in [6.45, 7) is 3.66. The highest BCUT2D eigenvalue weighted by atomic mass is 16.6. The van der Waals surface area contributed by atoms with Gasteiger partial charge in [-0.2, -0.15) is 0 Å². The minimum Gasteiger partial charge on any atom is -0.507 e. The summed E-state index contributed by atoms with van der Waals surface area (Å²) in [5.74, 6) is -1.12.